The van der Waals surface area contributed by atoms with Crippen molar-refractivity contribution < 1.29 is 13.6 Å². The van der Waals surface area contributed by atoms with Gasteiger partial charge in [0.1, 0.15) is 22.6 Å². The maximum Gasteiger partial charge on any atom is 0.266 e. The first-order valence-corrected chi connectivity index (χ1v) is 9.88. The molecule has 0 spiro atoms. The van der Waals surface area contributed by atoms with Crippen molar-refractivity contribution in [2.75, 3.05) is 11.6 Å². The summed E-state index contributed by atoms with van der Waals surface area (Å²) in [4.78, 5) is 13.8. The normalized spacial score (nSPS) is 10.5. The van der Waals surface area contributed by atoms with Gasteiger partial charge in [-0.3, -0.25) is 4.79 Å². The van der Waals surface area contributed by atoms with Crippen LogP contribution in [-0.2, 0) is 0 Å². The van der Waals surface area contributed by atoms with E-state index in [2.05, 4.69) is 11.4 Å². The van der Waals surface area contributed by atoms with Crippen molar-refractivity contribution in [1.29, 1.82) is 5.26 Å². The van der Waals surface area contributed by atoms with E-state index in [0.717, 1.165) is 15.2 Å². The van der Waals surface area contributed by atoms with E-state index < -0.39 is 17.5 Å². The summed E-state index contributed by atoms with van der Waals surface area (Å²) in [6, 6.07) is 8.76. The van der Waals surface area contributed by atoms with Crippen molar-refractivity contribution in [3.63, 3.8) is 0 Å². The number of rotatable bonds is 4. The zero-order valence-electron chi connectivity index (χ0n) is 12.8. The molecular formula is C17H10F2N2OS3. The predicted octanol–water partition coefficient (Wildman–Crippen LogP) is 5.60. The second-order valence-electron chi connectivity index (χ2n) is 4.84. The Morgan fingerprint density at radius 3 is 2.72 bits per heavy atom. The van der Waals surface area contributed by atoms with Gasteiger partial charge in [0.2, 0.25) is 0 Å². The summed E-state index contributed by atoms with van der Waals surface area (Å²) in [6.07, 6.45) is 1.83. The summed E-state index contributed by atoms with van der Waals surface area (Å²) < 4.78 is 27.5. The van der Waals surface area contributed by atoms with Gasteiger partial charge in [-0.2, -0.15) is 5.26 Å². The van der Waals surface area contributed by atoms with Crippen LogP contribution in [0.1, 0.15) is 15.2 Å². The number of benzene rings is 1. The van der Waals surface area contributed by atoms with Gasteiger partial charge in [0.05, 0.1) is 15.5 Å². The Morgan fingerprint density at radius 1 is 1.32 bits per heavy atom. The van der Waals surface area contributed by atoms with Crippen LogP contribution in [0.2, 0.25) is 0 Å². The van der Waals surface area contributed by atoms with Crippen LogP contribution in [0.4, 0.5) is 14.5 Å². The second kappa shape index (κ2) is 7.35. The van der Waals surface area contributed by atoms with Gasteiger partial charge in [0.25, 0.3) is 5.91 Å². The van der Waals surface area contributed by atoms with Crippen LogP contribution in [0, 0.1) is 23.0 Å². The molecular weight excluding hydrogens is 382 g/mol. The number of thiophene rings is 2. The molecule has 0 saturated carbocycles. The fourth-order valence-corrected chi connectivity index (χ4v) is 4.92. The number of hydrogen-bond acceptors (Lipinski definition) is 5. The second-order valence-corrected chi connectivity index (χ2v) is 7.88. The van der Waals surface area contributed by atoms with Crippen molar-refractivity contribution in [2.45, 2.75) is 4.21 Å². The fourth-order valence-electron chi connectivity index (χ4n) is 2.24. The van der Waals surface area contributed by atoms with Crippen LogP contribution < -0.4 is 5.32 Å². The van der Waals surface area contributed by atoms with Gasteiger partial charge in [0.15, 0.2) is 0 Å². The lowest BCUT2D eigenvalue weighted by atomic mass is 10.1. The molecule has 3 nitrogen and oxygen atoms in total. The number of hydrogen-bond donors (Lipinski definition) is 1. The van der Waals surface area contributed by atoms with Gasteiger partial charge in [-0.15, -0.1) is 34.4 Å². The highest BCUT2D eigenvalue weighted by Crippen LogP contribution is 2.42. The number of carbonyl (C=O) groups is 1. The maximum atomic E-state index is 13.8. The SMILES string of the molecule is CSc1sc(C(=O)Nc2ccc(F)cc2F)c(-c2cccs2)c1C#N. The Balaban J connectivity index is 2.06. The lowest BCUT2D eigenvalue weighted by Crippen LogP contribution is -2.12. The highest BCUT2D eigenvalue weighted by Gasteiger charge is 2.25. The zero-order valence-corrected chi connectivity index (χ0v) is 15.2. The molecule has 0 fully saturated rings. The lowest BCUT2D eigenvalue weighted by Gasteiger charge is -2.07. The van der Waals surface area contributed by atoms with Gasteiger partial charge in [-0.05, 0) is 29.8 Å². The number of nitrogens with one attached hydrogen (secondary N) is 1. The number of nitrogens with zero attached hydrogens (tertiary/aromatic N) is 1. The molecule has 0 atom stereocenters. The van der Waals surface area contributed by atoms with E-state index >= 15 is 0 Å². The minimum atomic E-state index is -0.854. The molecule has 25 heavy (non-hydrogen) atoms. The quantitative estimate of drug-likeness (QED) is 0.588. The number of thioether (sulfide) groups is 1. The van der Waals surface area contributed by atoms with Crippen LogP contribution >= 0.6 is 34.4 Å². The third-order valence-electron chi connectivity index (χ3n) is 3.33. The van der Waals surface area contributed by atoms with E-state index in [1.807, 2.05) is 23.8 Å². The summed E-state index contributed by atoms with van der Waals surface area (Å²) in [5.74, 6) is -2.11. The number of carbonyl (C=O) groups excluding carboxylic acids is 1. The molecule has 126 valence electrons. The maximum absolute atomic E-state index is 13.8. The van der Waals surface area contributed by atoms with Crippen molar-refractivity contribution in [3.8, 4) is 16.5 Å². The molecule has 3 rings (SSSR count). The molecule has 0 radical (unpaired) electrons. The van der Waals surface area contributed by atoms with E-state index in [1.165, 1.54) is 40.5 Å². The molecule has 2 heterocycles. The molecule has 1 N–H and O–H groups in total. The minimum Gasteiger partial charge on any atom is -0.319 e. The summed E-state index contributed by atoms with van der Waals surface area (Å²) in [5, 5.41) is 13.8. The molecule has 3 aromatic rings. The predicted molar refractivity (Wildman–Crippen MR) is 98.4 cm³/mol. The van der Waals surface area contributed by atoms with Crippen LogP contribution in [0.25, 0.3) is 10.4 Å². The van der Waals surface area contributed by atoms with Gasteiger partial charge >= 0.3 is 0 Å². The molecule has 0 aliphatic rings. The van der Waals surface area contributed by atoms with Crippen molar-refractivity contribution >= 4 is 46.0 Å². The molecule has 0 aliphatic carbocycles. The Kier molecular flexibility index (Phi) is 5.18. The van der Waals surface area contributed by atoms with Gasteiger partial charge < -0.3 is 5.32 Å². The van der Waals surface area contributed by atoms with Crippen LogP contribution in [0.3, 0.4) is 0 Å². The molecule has 0 bridgehead atoms. The van der Waals surface area contributed by atoms with E-state index in [4.69, 9.17) is 0 Å². The highest BCUT2D eigenvalue weighted by molar-refractivity contribution is 8.00. The highest BCUT2D eigenvalue weighted by atomic mass is 32.2. The van der Waals surface area contributed by atoms with Crippen molar-refractivity contribution in [1.82, 2.24) is 0 Å². The Morgan fingerprint density at radius 2 is 2.12 bits per heavy atom. The third kappa shape index (κ3) is 3.44. The standard InChI is InChI=1S/C17H10F2N2OS3/c1-23-17-10(8-20)14(13-3-2-6-24-13)15(25-17)16(22)21-12-5-4-9(18)7-11(12)19/h2-7H,1H3,(H,21,22). The smallest absolute Gasteiger partial charge is 0.266 e. The number of amides is 1. The Hall–Kier alpha value is -2.21. The van der Waals surface area contributed by atoms with Crippen LogP contribution in [0.15, 0.2) is 39.9 Å². The van der Waals surface area contributed by atoms with Crippen LogP contribution in [0.5, 0.6) is 0 Å². The molecule has 1 aromatic carbocycles. The monoisotopic (exact) mass is 392 g/mol. The molecule has 0 unspecified atom stereocenters. The van der Waals surface area contributed by atoms with Crippen molar-refractivity contribution in [3.05, 3.63) is 57.8 Å². The van der Waals surface area contributed by atoms with E-state index in [0.29, 0.717) is 22.1 Å². The summed E-state index contributed by atoms with van der Waals surface area (Å²) in [5.41, 5.74) is 0.873. The number of nitriles is 1. The lowest BCUT2D eigenvalue weighted by molar-refractivity contribution is 0.103. The largest absolute Gasteiger partial charge is 0.319 e. The Labute approximate surface area is 154 Å². The average molecular weight is 392 g/mol. The average Bonchev–Trinajstić information content (AvgIpc) is 3.23. The molecule has 2 aromatic heterocycles. The zero-order chi connectivity index (χ0) is 18.0. The molecule has 0 saturated heterocycles. The minimum absolute atomic E-state index is 0.110. The topological polar surface area (TPSA) is 52.9 Å². The first kappa shape index (κ1) is 17.6. The van der Waals surface area contributed by atoms with Gasteiger partial charge in [-0.25, -0.2) is 8.78 Å². The van der Waals surface area contributed by atoms with E-state index in [-0.39, 0.29) is 5.69 Å². The summed E-state index contributed by atoms with van der Waals surface area (Å²) in [6.45, 7) is 0. The molecule has 8 heteroatoms. The number of halogens is 2. The summed E-state index contributed by atoms with van der Waals surface area (Å²) in [7, 11) is 0. The molecule has 1 amide bonds. The van der Waals surface area contributed by atoms with Gasteiger partial charge in [0, 0.05) is 16.5 Å². The van der Waals surface area contributed by atoms with Crippen molar-refractivity contribution in [2.24, 2.45) is 0 Å². The third-order valence-corrected chi connectivity index (χ3v) is 6.52. The fraction of sp³-hybridized carbons (Fsp3) is 0.0588. The Bertz CT molecular complexity index is 975. The van der Waals surface area contributed by atoms with E-state index in [9.17, 15) is 18.8 Å². The molecule has 0 aliphatic heterocycles. The number of anilines is 1. The first-order valence-electron chi connectivity index (χ1n) is 6.96. The summed E-state index contributed by atoms with van der Waals surface area (Å²) >= 11 is 3.98. The van der Waals surface area contributed by atoms with E-state index in [1.54, 1.807) is 0 Å². The van der Waals surface area contributed by atoms with Crippen LogP contribution in [-0.4, -0.2) is 12.2 Å². The van der Waals surface area contributed by atoms with Gasteiger partial charge in [-0.1, -0.05) is 6.07 Å². The first-order chi connectivity index (χ1) is 12.0.